The molecule has 2 aromatic carbocycles. The van der Waals surface area contributed by atoms with E-state index < -0.39 is 0 Å². The third-order valence-corrected chi connectivity index (χ3v) is 5.37. The van der Waals surface area contributed by atoms with E-state index in [4.69, 9.17) is 9.73 Å². The van der Waals surface area contributed by atoms with Crippen molar-refractivity contribution in [2.24, 2.45) is 4.99 Å². The molecule has 3 rings (SSSR count). The second-order valence-electron chi connectivity index (χ2n) is 7.57. The Morgan fingerprint density at radius 2 is 1.60 bits per heavy atom. The number of aliphatic imine (C=N–C) groups is 1. The van der Waals surface area contributed by atoms with Gasteiger partial charge in [0.05, 0.1) is 5.69 Å². The van der Waals surface area contributed by atoms with Crippen molar-refractivity contribution in [3.63, 3.8) is 0 Å². The molecule has 0 spiro atoms. The first-order valence-electron chi connectivity index (χ1n) is 10.6. The number of hydrogen-bond acceptors (Lipinski definition) is 4. The van der Waals surface area contributed by atoms with Crippen LogP contribution in [0, 0.1) is 20.8 Å². The molecule has 1 amide bonds. The van der Waals surface area contributed by atoms with E-state index in [0.717, 1.165) is 35.5 Å². The lowest BCUT2D eigenvalue weighted by Gasteiger charge is -2.20. The molecule has 1 saturated heterocycles. The number of amides is 1. The molecule has 0 N–H and O–H groups in total. The highest BCUT2D eigenvalue weighted by Crippen LogP contribution is 2.28. The number of hydrogen-bond donors (Lipinski definition) is 0. The minimum atomic E-state index is -0.161. The van der Waals surface area contributed by atoms with Crippen LogP contribution < -0.4 is 4.90 Å². The third-order valence-electron chi connectivity index (χ3n) is 5.37. The molecule has 2 aromatic rings. The average molecular weight is 406 g/mol. The van der Waals surface area contributed by atoms with Crippen molar-refractivity contribution < 1.29 is 9.53 Å². The highest BCUT2D eigenvalue weighted by Gasteiger charge is 2.34. The Hall–Kier alpha value is -3.08. The molecule has 0 atom stereocenters. The number of ether oxygens (including phenoxy) is 1. The molecule has 5 nitrogen and oxygen atoms in total. The third kappa shape index (κ3) is 4.40. The molecular formula is C25H31N3O2. The highest BCUT2D eigenvalue weighted by molar-refractivity contribution is 6.11. The smallest absolute Gasteiger partial charge is 0.305 e. The zero-order valence-corrected chi connectivity index (χ0v) is 18.8. The highest BCUT2D eigenvalue weighted by atomic mass is 16.5. The number of nitrogens with zero attached hydrogens (tertiary/aromatic N) is 3. The van der Waals surface area contributed by atoms with Crippen molar-refractivity contribution in [1.82, 2.24) is 4.90 Å². The Labute approximate surface area is 179 Å². The molecule has 1 aliphatic rings. The monoisotopic (exact) mass is 405 g/mol. The number of carbonyl (C=O) groups excluding carboxylic acids is 1. The van der Waals surface area contributed by atoms with Gasteiger partial charge >= 0.3 is 6.02 Å². The van der Waals surface area contributed by atoms with Crippen molar-refractivity contribution in [3.8, 4) is 0 Å². The largest absolute Gasteiger partial charge is 0.419 e. The maximum absolute atomic E-state index is 12.9. The molecule has 1 fully saturated rings. The summed E-state index contributed by atoms with van der Waals surface area (Å²) in [5, 5.41) is 0. The number of anilines is 1. The summed E-state index contributed by atoms with van der Waals surface area (Å²) in [5.41, 5.74) is 6.27. The summed E-state index contributed by atoms with van der Waals surface area (Å²) in [6.45, 7) is 14.7. The van der Waals surface area contributed by atoms with Gasteiger partial charge in [-0.2, -0.15) is 4.99 Å². The molecule has 0 unspecified atom stereocenters. The fourth-order valence-electron chi connectivity index (χ4n) is 3.84. The van der Waals surface area contributed by atoms with E-state index >= 15 is 0 Å². The molecule has 1 heterocycles. The van der Waals surface area contributed by atoms with Crippen LogP contribution in [0.1, 0.15) is 43.0 Å². The van der Waals surface area contributed by atoms with Gasteiger partial charge in [0.1, 0.15) is 0 Å². The van der Waals surface area contributed by atoms with Gasteiger partial charge in [0.2, 0.25) is 0 Å². The van der Waals surface area contributed by atoms with Gasteiger partial charge in [-0.25, -0.2) is 0 Å². The second-order valence-corrected chi connectivity index (χ2v) is 7.57. The lowest BCUT2D eigenvalue weighted by atomic mass is 10.1. The molecule has 0 radical (unpaired) electrons. The number of benzene rings is 2. The Morgan fingerprint density at radius 3 is 2.13 bits per heavy atom. The fraction of sp³-hybridized carbons (Fsp3) is 0.360. The lowest BCUT2D eigenvalue weighted by molar-refractivity contribution is -0.122. The van der Waals surface area contributed by atoms with Crippen LogP contribution in [0.4, 0.5) is 11.4 Å². The Balaban J connectivity index is 1.91. The van der Waals surface area contributed by atoms with Crippen molar-refractivity contribution in [3.05, 3.63) is 64.4 Å². The van der Waals surface area contributed by atoms with Gasteiger partial charge in [-0.15, -0.1) is 0 Å². The van der Waals surface area contributed by atoms with Gasteiger partial charge in [0.15, 0.2) is 5.76 Å². The number of aryl methyl sites for hydroxylation is 3. The fourth-order valence-corrected chi connectivity index (χ4v) is 3.84. The second kappa shape index (κ2) is 9.16. The van der Waals surface area contributed by atoms with Crippen LogP contribution in [-0.4, -0.2) is 36.5 Å². The van der Waals surface area contributed by atoms with Gasteiger partial charge < -0.3 is 9.64 Å². The van der Waals surface area contributed by atoms with Crippen molar-refractivity contribution in [2.75, 3.05) is 24.5 Å². The van der Waals surface area contributed by atoms with Crippen LogP contribution in [0.25, 0.3) is 6.08 Å². The van der Waals surface area contributed by atoms with E-state index in [1.165, 1.54) is 11.3 Å². The van der Waals surface area contributed by atoms with E-state index in [2.05, 4.69) is 49.9 Å². The van der Waals surface area contributed by atoms with Crippen LogP contribution in [0.3, 0.4) is 0 Å². The summed E-state index contributed by atoms with van der Waals surface area (Å²) in [7, 11) is 0. The van der Waals surface area contributed by atoms with Crippen molar-refractivity contribution in [1.29, 1.82) is 0 Å². The number of carbonyl (C=O) groups is 1. The summed E-state index contributed by atoms with van der Waals surface area (Å²) in [6.07, 6.45) is 1.79. The standard InChI is InChI=1S/C25H31N3O2/c1-7-27(8-2)21-12-10-20(11-13-21)16-22-24(29)28(9-3)25(30-22)26-23-18(5)14-17(4)15-19(23)6/h10-16H,7-9H2,1-6H3/b22-16+,26-25?. The predicted molar refractivity (Wildman–Crippen MR) is 124 cm³/mol. The number of rotatable bonds is 6. The van der Waals surface area contributed by atoms with Gasteiger partial charge in [-0.3, -0.25) is 9.69 Å². The van der Waals surface area contributed by atoms with Crippen LogP contribution in [0.5, 0.6) is 0 Å². The van der Waals surface area contributed by atoms with Gasteiger partial charge in [-0.05, 0) is 76.4 Å². The lowest BCUT2D eigenvalue weighted by Crippen LogP contribution is -2.29. The molecule has 0 bridgehead atoms. The SMILES string of the molecule is CCN1C(=O)/C(=C\c2ccc(N(CC)CC)cc2)OC1=Nc1c(C)cc(C)cc1C. The summed E-state index contributed by atoms with van der Waals surface area (Å²) < 4.78 is 5.92. The summed E-state index contributed by atoms with van der Waals surface area (Å²) in [4.78, 5) is 21.4. The van der Waals surface area contributed by atoms with Crippen LogP contribution >= 0.6 is 0 Å². The maximum atomic E-state index is 12.9. The van der Waals surface area contributed by atoms with Crippen LogP contribution in [0.15, 0.2) is 47.1 Å². The van der Waals surface area contributed by atoms with E-state index in [-0.39, 0.29) is 5.91 Å². The van der Waals surface area contributed by atoms with E-state index in [1.54, 1.807) is 11.0 Å². The summed E-state index contributed by atoms with van der Waals surface area (Å²) in [6, 6.07) is 12.7. The first-order valence-corrected chi connectivity index (χ1v) is 10.6. The zero-order valence-electron chi connectivity index (χ0n) is 18.8. The normalized spacial score (nSPS) is 16.5. The Bertz CT molecular complexity index is 963. The minimum absolute atomic E-state index is 0.161. The van der Waals surface area contributed by atoms with Gasteiger partial charge in [0, 0.05) is 25.3 Å². The Morgan fingerprint density at radius 1 is 1.00 bits per heavy atom. The molecule has 158 valence electrons. The summed E-state index contributed by atoms with van der Waals surface area (Å²) in [5.74, 6) is 0.139. The van der Waals surface area contributed by atoms with Gasteiger partial charge in [0.25, 0.3) is 5.91 Å². The number of amidine groups is 1. The van der Waals surface area contributed by atoms with E-state index in [1.807, 2.05) is 32.9 Å². The van der Waals surface area contributed by atoms with Crippen molar-refractivity contribution in [2.45, 2.75) is 41.5 Å². The quantitative estimate of drug-likeness (QED) is 0.607. The topological polar surface area (TPSA) is 45.1 Å². The van der Waals surface area contributed by atoms with Crippen LogP contribution in [0.2, 0.25) is 0 Å². The summed E-state index contributed by atoms with van der Waals surface area (Å²) >= 11 is 0. The number of likely N-dealkylation sites (N-methyl/N-ethyl adjacent to an activating group) is 1. The van der Waals surface area contributed by atoms with E-state index in [0.29, 0.717) is 18.3 Å². The molecule has 5 heteroatoms. The predicted octanol–water partition coefficient (Wildman–Crippen LogP) is 5.37. The molecule has 1 aliphatic heterocycles. The zero-order chi connectivity index (χ0) is 21.8. The molecule has 30 heavy (non-hydrogen) atoms. The minimum Gasteiger partial charge on any atom is -0.419 e. The van der Waals surface area contributed by atoms with Gasteiger partial charge in [-0.1, -0.05) is 29.8 Å². The maximum Gasteiger partial charge on any atom is 0.305 e. The average Bonchev–Trinajstić information content (AvgIpc) is 3.01. The van der Waals surface area contributed by atoms with Crippen molar-refractivity contribution >= 4 is 29.4 Å². The first-order chi connectivity index (χ1) is 14.4. The first kappa shape index (κ1) is 21.6. The molecule has 0 aliphatic carbocycles. The molecular weight excluding hydrogens is 374 g/mol. The van der Waals surface area contributed by atoms with E-state index in [9.17, 15) is 4.79 Å². The molecule has 0 aromatic heterocycles. The van der Waals surface area contributed by atoms with Crippen LogP contribution in [-0.2, 0) is 9.53 Å². The Kier molecular flexibility index (Phi) is 6.60. The molecule has 0 saturated carbocycles.